The summed E-state index contributed by atoms with van der Waals surface area (Å²) in [7, 11) is 2.12. The molecule has 0 radical (unpaired) electrons. The van der Waals surface area contributed by atoms with Crippen molar-refractivity contribution in [1.82, 2.24) is 9.55 Å². The van der Waals surface area contributed by atoms with Crippen molar-refractivity contribution in [3.8, 4) is 0 Å². The van der Waals surface area contributed by atoms with Gasteiger partial charge in [0, 0.05) is 31.8 Å². The first-order chi connectivity index (χ1) is 8.25. The van der Waals surface area contributed by atoms with E-state index in [-0.39, 0.29) is 12.1 Å². The van der Waals surface area contributed by atoms with E-state index in [9.17, 15) is 0 Å². The molecule has 0 spiro atoms. The van der Waals surface area contributed by atoms with Gasteiger partial charge in [-0.25, -0.2) is 4.98 Å². The molecule has 2 aliphatic rings. The van der Waals surface area contributed by atoms with Gasteiger partial charge in [-0.15, -0.1) is 0 Å². The zero-order valence-corrected chi connectivity index (χ0v) is 10.5. The molecule has 0 saturated carbocycles. The Hall–Kier alpha value is -0.870. The predicted molar refractivity (Wildman–Crippen MR) is 65.8 cm³/mol. The maximum Gasteiger partial charge on any atom is 0.138 e. The van der Waals surface area contributed by atoms with E-state index < -0.39 is 0 Å². The lowest BCUT2D eigenvalue weighted by Gasteiger charge is -2.22. The van der Waals surface area contributed by atoms with E-state index in [1.807, 2.05) is 0 Å². The molecule has 2 unspecified atom stereocenters. The van der Waals surface area contributed by atoms with Crippen LogP contribution in [-0.2, 0) is 24.6 Å². The molecule has 1 aliphatic heterocycles. The van der Waals surface area contributed by atoms with Crippen LogP contribution in [0.2, 0.25) is 0 Å². The Bertz CT molecular complexity index is 407. The Morgan fingerprint density at radius 2 is 2.24 bits per heavy atom. The molecule has 17 heavy (non-hydrogen) atoms. The van der Waals surface area contributed by atoms with Crippen molar-refractivity contribution in [2.24, 2.45) is 12.8 Å². The minimum atomic E-state index is 0.204. The third kappa shape index (κ3) is 2.00. The summed E-state index contributed by atoms with van der Waals surface area (Å²) in [5, 5.41) is 0. The molecule has 2 heterocycles. The van der Waals surface area contributed by atoms with Crippen molar-refractivity contribution >= 4 is 0 Å². The number of ether oxygens (including phenoxy) is 1. The van der Waals surface area contributed by atoms with Gasteiger partial charge in [-0.1, -0.05) is 0 Å². The summed E-state index contributed by atoms with van der Waals surface area (Å²) >= 11 is 0. The summed E-state index contributed by atoms with van der Waals surface area (Å²) in [5.41, 5.74) is 8.58. The summed E-state index contributed by atoms with van der Waals surface area (Å²) < 4.78 is 8.08. The molecule has 1 aromatic rings. The standard InChI is InChI=1S/C13H21N3O/c1-16-11-6-5-9(14)8-10(11)15-13(16)12-4-2-3-7-17-12/h9,12H,2-8,14H2,1H3. The van der Waals surface area contributed by atoms with Crippen LogP contribution in [0.3, 0.4) is 0 Å². The van der Waals surface area contributed by atoms with Crippen molar-refractivity contribution in [3.05, 3.63) is 17.2 Å². The topological polar surface area (TPSA) is 53.1 Å². The Morgan fingerprint density at radius 1 is 1.35 bits per heavy atom. The number of nitrogens with two attached hydrogens (primary N) is 1. The summed E-state index contributed by atoms with van der Waals surface area (Å²) in [6.07, 6.45) is 6.82. The largest absolute Gasteiger partial charge is 0.370 e. The van der Waals surface area contributed by atoms with E-state index in [1.165, 1.54) is 24.2 Å². The lowest BCUT2D eigenvalue weighted by atomic mass is 9.97. The van der Waals surface area contributed by atoms with Crippen LogP contribution in [-0.4, -0.2) is 22.2 Å². The zero-order chi connectivity index (χ0) is 11.8. The van der Waals surface area contributed by atoms with Crippen molar-refractivity contribution in [2.45, 2.75) is 50.7 Å². The molecule has 94 valence electrons. The number of fused-ring (bicyclic) bond motifs is 1. The van der Waals surface area contributed by atoms with E-state index in [4.69, 9.17) is 15.5 Å². The first-order valence-corrected chi connectivity index (χ1v) is 6.67. The highest BCUT2D eigenvalue weighted by atomic mass is 16.5. The average Bonchev–Trinajstić information content (AvgIpc) is 2.67. The van der Waals surface area contributed by atoms with E-state index in [1.54, 1.807) is 0 Å². The molecule has 0 amide bonds. The molecule has 3 rings (SSSR count). The van der Waals surface area contributed by atoms with E-state index in [0.29, 0.717) is 0 Å². The highest BCUT2D eigenvalue weighted by Crippen LogP contribution is 2.30. The molecule has 1 aliphatic carbocycles. The Labute approximate surface area is 102 Å². The van der Waals surface area contributed by atoms with E-state index >= 15 is 0 Å². The number of imidazole rings is 1. The fourth-order valence-electron chi connectivity index (χ4n) is 2.99. The summed E-state index contributed by atoms with van der Waals surface area (Å²) in [6.45, 7) is 0.877. The third-order valence-corrected chi connectivity index (χ3v) is 4.01. The number of nitrogens with zero attached hydrogens (tertiary/aromatic N) is 2. The Balaban J connectivity index is 1.90. The van der Waals surface area contributed by atoms with Gasteiger partial charge in [0.25, 0.3) is 0 Å². The van der Waals surface area contributed by atoms with Crippen molar-refractivity contribution in [1.29, 1.82) is 0 Å². The molecule has 4 nitrogen and oxygen atoms in total. The monoisotopic (exact) mass is 235 g/mol. The maximum absolute atomic E-state index is 6.01. The minimum Gasteiger partial charge on any atom is -0.370 e. The number of aromatic nitrogens is 2. The highest BCUT2D eigenvalue weighted by molar-refractivity contribution is 5.22. The van der Waals surface area contributed by atoms with Crippen LogP contribution in [0, 0.1) is 0 Å². The average molecular weight is 235 g/mol. The molecule has 0 bridgehead atoms. The molecule has 2 N–H and O–H groups in total. The second-order valence-corrected chi connectivity index (χ2v) is 5.28. The van der Waals surface area contributed by atoms with E-state index in [0.717, 1.165) is 38.1 Å². The smallest absolute Gasteiger partial charge is 0.138 e. The van der Waals surface area contributed by atoms with Gasteiger partial charge >= 0.3 is 0 Å². The van der Waals surface area contributed by atoms with Crippen LogP contribution < -0.4 is 5.73 Å². The first kappa shape index (κ1) is 11.2. The number of rotatable bonds is 1. The minimum absolute atomic E-state index is 0.204. The molecule has 0 aromatic carbocycles. The van der Waals surface area contributed by atoms with Gasteiger partial charge in [0.15, 0.2) is 0 Å². The van der Waals surface area contributed by atoms with Crippen LogP contribution in [0.15, 0.2) is 0 Å². The molecular formula is C13H21N3O. The van der Waals surface area contributed by atoms with Gasteiger partial charge in [-0.3, -0.25) is 0 Å². The quantitative estimate of drug-likeness (QED) is 0.802. The van der Waals surface area contributed by atoms with Crippen molar-refractivity contribution < 1.29 is 4.74 Å². The summed E-state index contributed by atoms with van der Waals surface area (Å²) in [5.74, 6) is 1.11. The van der Waals surface area contributed by atoms with Gasteiger partial charge in [0.1, 0.15) is 11.9 Å². The lowest BCUT2D eigenvalue weighted by Crippen LogP contribution is -2.28. The van der Waals surface area contributed by atoms with Crippen LogP contribution in [0.1, 0.15) is 49.0 Å². The van der Waals surface area contributed by atoms with Crippen LogP contribution in [0.4, 0.5) is 0 Å². The third-order valence-electron chi connectivity index (χ3n) is 4.01. The van der Waals surface area contributed by atoms with Crippen molar-refractivity contribution in [3.63, 3.8) is 0 Å². The lowest BCUT2D eigenvalue weighted by molar-refractivity contribution is 0.00777. The Morgan fingerprint density at radius 3 is 3.00 bits per heavy atom. The van der Waals surface area contributed by atoms with E-state index in [2.05, 4.69) is 11.6 Å². The first-order valence-electron chi connectivity index (χ1n) is 6.67. The van der Waals surface area contributed by atoms with Crippen LogP contribution in [0.5, 0.6) is 0 Å². The number of hydrogen-bond donors (Lipinski definition) is 1. The summed E-state index contributed by atoms with van der Waals surface area (Å²) in [6, 6.07) is 0.289. The fourth-order valence-corrected chi connectivity index (χ4v) is 2.99. The normalized spacial score (nSPS) is 29.1. The molecule has 2 atom stereocenters. The number of hydrogen-bond acceptors (Lipinski definition) is 3. The van der Waals surface area contributed by atoms with Gasteiger partial charge in [-0.05, 0) is 32.1 Å². The molecule has 1 saturated heterocycles. The highest BCUT2D eigenvalue weighted by Gasteiger charge is 2.27. The second kappa shape index (κ2) is 4.42. The van der Waals surface area contributed by atoms with Gasteiger partial charge in [0.05, 0.1) is 5.69 Å². The molecular weight excluding hydrogens is 214 g/mol. The van der Waals surface area contributed by atoms with Crippen molar-refractivity contribution in [2.75, 3.05) is 6.61 Å². The van der Waals surface area contributed by atoms with Gasteiger partial charge < -0.3 is 15.0 Å². The van der Waals surface area contributed by atoms with Crippen LogP contribution >= 0.6 is 0 Å². The van der Waals surface area contributed by atoms with Crippen LogP contribution in [0.25, 0.3) is 0 Å². The predicted octanol–water partition coefficient (Wildman–Crippen LogP) is 1.48. The molecule has 1 aromatic heterocycles. The second-order valence-electron chi connectivity index (χ2n) is 5.28. The Kier molecular flexibility index (Phi) is 2.92. The summed E-state index contributed by atoms with van der Waals surface area (Å²) in [4.78, 5) is 4.78. The van der Waals surface area contributed by atoms with Gasteiger partial charge in [0.2, 0.25) is 0 Å². The molecule has 1 fully saturated rings. The maximum atomic E-state index is 6.01. The van der Waals surface area contributed by atoms with Gasteiger partial charge in [-0.2, -0.15) is 0 Å². The fraction of sp³-hybridized carbons (Fsp3) is 0.769. The molecule has 4 heteroatoms. The zero-order valence-electron chi connectivity index (χ0n) is 10.5. The SMILES string of the molecule is Cn1c(C2CCCCO2)nc2c1CCC(N)C2.